The molecule has 0 aromatic rings. The molecule has 0 rings (SSSR count). The Morgan fingerprint density at radius 1 is 0.276 bits per heavy atom. The number of carbonyl (C=O) groups is 3. The molecule has 0 bridgehead atoms. The highest BCUT2D eigenvalue weighted by Crippen LogP contribution is 2.15. The van der Waals surface area contributed by atoms with E-state index in [0.29, 0.717) is 19.3 Å². The van der Waals surface area contributed by atoms with E-state index in [2.05, 4.69) is 154 Å². The van der Waals surface area contributed by atoms with Crippen LogP contribution in [0.15, 0.2) is 134 Å². The molecule has 0 heterocycles. The van der Waals surface area contributed by atoms with E-state index >= 15 is 0 Å². The number of carbonyl (C=O) groups excluding carboxylic acids is 3. The largest absolute Gasteiger partial charge is 0.462 e. The Hall–Kier alpha value is -4.45. The zero-order valence-electron chi connectivity index (χ0n) is 49.2. The van der Waals surface area contributed by atoms with E-state index in [1.807, 2.05) is 0 Å². The van der Waals surface area contributed by atoms with Crippen LogP contribution in [0.4, 0.5) is 0 Å². The lowest BCUT2D eigenvalue weighted by atomic mass is 10.0. The molecule has 0 saturated carbocycles. The average Bonchev–Trinajstić information content (AvgIpc) is 3.42. The maximum atomic E-state index is 12.9. The van der Waals surface area contributed by atoms with Gasteiger partial charge < -0.3 is 14.2 Å². The molecule has 0 aliphatic rings. The third-order valence-corrected chi connectivity index (χ3v) is 12.9. The highest BCUT2D eigenvalue weighted by molar-refractivity contribution is 5.71. The Bertz CT molecular complexity index is 1630. The highest BCUT2D eigenvalue weighted by Gasteiger charge is 2.19. The van der Waals surface area contributed by atoms with Gasteiger partial charge in [-0.05, 0) is 116 Å². The molecular formula is C70H114O6. The molecule has 1 atom stereocenters. The van der Waals surface area contributed by atoms with E-state index in [9.17, 15) is 14.4 Å². The van der Waals surface area contributed by atoms with Gasteiger partial charge in [0.1, 0.15) is 13.2 Å². The molecule has 0 spiro atoms. The smallest absolute Gasteiger partial charge is 0.306 e. The minimum atomic E-state index is -0.809. The molecule has 6 nitrogen and oxygen atoms in total. The summed E-state index contributed by atoms with van der Waals surface area (Å²) in [7, 11) is 0. The summed E-state index contributed by atoms with van der Waals surface area (Å²) in [6.07, 6.45) is 88.8. The lowest BCUT2D eigenvalue weighted by Gasteiger charge is -2.18. The Kier molecular flexibility index (Phi) is 59.4. The second kappa shape index (κ2) is 63.1. The van der Waals surface area contributed by atoms with Gasteiger partial charge in [0.2, 0.25) is 0 Å². The van der Waals surface area contributed by atoms with Crippen molar-refractivity contribution in [3.63, 3.8) is 0 Å². The van der Waals surface area contributed by atoms with Crippen molar-refractivity contribution < 1.29 is 28.6 Å². The van der Waals surface area contributed by atoms with Gasteiger partial charge in [-0.3, -0.25) is 14.4 Å². The number of rotatable bonds is 55. The van der Waals surface area contributed by atoms with Crippen LogP contribution in [-0.4, -0.2) is 37.2 Å². The van der Waals surface area contributed by atoms with Crippen molar-refractivity contribution in [2.45, 2.75) is 277 Å². The van der Waals surface area contributed by atoms with Gasteiger partial charge in [0.25, 0.3) is 0 Å². The van der Waals surface area contributed by atoms with Gasteiger partial charge in [0.05, 0.1) is 0 Å². The number of ether oxygens (including phenoxy) is 3. The molecule has 1 unspecified atom stereocenters. The lowest BCUT2D eigenvalue weighted by Crippen LogP contribution is -2.30. The maximum absolute atomic E-state index is 12.9. The van der Waals surface area contributed by atoms with Crippen LogP contribution in [0, 0.1) is 0 Å². The van der Waals surface area contributed by atoms with Crippen molar-refractivity contribution in [3.05, 3.63) is 134 Å². The van der Waals surface area contributed by atoms with Crippen molar-refractivity contribution in [2.75, 3.05) is 13.2 Å². The Labute approximate surface area is 468 Å². The van der Waals surface area contributed by atoms with Crippen LogP contribution in [0.3, 0.4) is 0 Å². The minimum Gasteiger partial charge on any atom is -0.462 e. The normalized spacial score (nSPS) is 13.0. The van der Waals surface area contributed by atoms with E-state index in [4.69, 9.17) is 14.2 Å². The molecule has 6 heteroatoms. The summed E-state index contributed by atoms with van der Waals surface area (Å²) < 4.78 is 16.8. The van der Waals surface area contributed by atoms with Crippen LogP contribution in [0.1, 0.15) is 271 Å². The standard InChI is InChI=1S/C70H114O6/c1-4-7-10-13-16-19-22-25-27-29-30-31-32-33-34-35-36-37-38-39-40-42-43-45-48-51-54-57-60-63-69(72)75-66-67(65-74-68(71)62-59-56-53-50-47-24-21-18-15-12-9-6-3)76-70(73)64-61-58-55-52-49-46-44-41-28-26-23-20-17-14-11-8-5-2/h7,10,16-17,19-20,25-28,30-31,33-34,36-37,39-40,43,45,51,54,67H,4-6,8-9,11-15,18,21-24,29,32,35,38,41-42,44,46-50,52-53,55-66H2,1-3H3/b10-7-,19-16-,20-17-,27-25-,28-26-,31-30-,34-33-,37-36-,40-39-,45-43-,54-51-. The van der Waals surface area contributed by atoms with Crippen LogP contribution < -0.4 is 0 Å². The average molecular weight is 1050 g/mol. The minimum absolute atomic E-state index is 0.101. The van der Waals surface area contributed by atoms with E-state index in [1.165, 1.54) is 109 Å². The van der Waals surface area contributed by atoms with Crippen LogP contribution in [-0.2, 0) is 28.6 Å². The summed E-state index contributed by atoms with van der Waals surface area (Å²) in [6, 6.07) is 0. The fraction of sp³-hybridized carbons (Fsp3) is 0.643. The topological polar surface area (TPSA) is 78.9 Å². The molecule has 0 fully saturated rings. The third-order valence-electron chi connectivity index (χ3n) is 12.9. The van der Waals surface area contributed by atoms with E-state index in [-0.39, 0.29) is 37.5 Å². The van der Waals surface area contributed by atoms with Crippen LogP contribution >= 0.6 is 0 Å². The highest BCUT2D eigenvalue weighted by atomic mass is 16.6. The van der Waals surface area contributed by atoms with E-state index in [1.54, 1.807) is 0 Å². The molecule has 0 aromatic heterocycles. The van der Waals surface area contributed by atoms with Gasteiger partial charge in [0, 0.05) is 19.3 Å². The molecule has 0 N–H and O–H groups in total. The van der Waals surface area contributed by atoms with E-state index in [0.717, 1.165) is 116 Å². The van der Waals surface area contributed by atoms with Crippen LogP contribution in [0.25, 0.3) is 0 Å². The van der Waals surface area contributed by atoms with Crippen molar-refractivity contribution in [3.8, 4) is 0 Å². The lowest BCUT2D eigenvalue weighted by molar-refractivity contribution is -0.167. The zero-order chi connectivity index (χ0) is 55.0. The van der Waals surface area contributed by atoms with Gasteiger partial charge in [-0.2, -0.15) is 0 Å². The summed E-state index contributed by atoms with van der Waals surface area (Å²) in [5, 5.41) is 0. The second-order valence-corrected chi connectivity index (χ2v) is 20.2. The number of hydrogen-bond donors (Lipinski definition) is 0. The first-order valence-electron chi connectivity index (χ1n) is 31.2. The van der Waals surface area contributed by atoms with Crippen LogP contribution in [0.5, 0.6) is 0 Å². The summed E-state index contributed by atoms with van der Waals surface area (Å²) >= 11 is 0. The van der Waals surface area contributed by atoms with E-state index < -0.39 is 6.10 Å². The number of allylic oxidation sites excluding steroid dienone is 22. The molecule has 0 aliphatic heterocycles. The second-order valence-electron chi connectivity index (χ2n) is 20.2. The Balaban J connectivity index is 4.43. The van der Waals surface area contributed by atoms with Gasteiger partial charge in [-0.1, -0.05) is 270 Å². The predicted octanol–water partition coefficient (Wildman–Crippen LogP) is 21.4. The molecule has 0 amide bonds. The molecular weight excluding hydrogens is 937 g/mol. The zero-order valence-corrected chi connectivity index (χ0v) is 49.2. The van der Waals surface area contributed by atoms with Gasteiger partial charge in [-0.25, -0.2) is 0 Å². The van der Waals surface area contributed by atoms with Gasteiger partial charge in [0.15, 0.2) is 6.10 Å². The quantitative estimate of drug-likeness (QED) is 0.0261. The molecule has 0 saturated heterocycles. The van der Waals surface area contributed by atoms with Gasteiger partial charge in [-0.15, -0.1) is 0 Å². The number of hydrogen-bond acceptors (Lipinski definition) is 6. The molecule has 0 radical (unpaired) electrons. The van der Waals surface area contributed by atoms with Crippen molar-refractivity contribution >= 4 is 17.9 Å². The summed E-state index contributed by atoms with van der Waals surface area (Å²) in [5.74, 6) is -0.971. The first-order chi connectivity index (χ1) is 37.5. The summed E-state index contributed by atoms with van der Waals surface area (Å²) in [4.78, 5) is 38.2. The molecule has 0 aromatic carbocycles. The number of esters is 3. The first kappa shape index (κ1) is 71.5. The SMILES string of the molecule is CC/C=C\C/C=C\C/C=C\C/C=C\C/C=C\C/C=C\C/C=C\C/C=C\C/C=C\CCCC(=O)OCC(COC(=O)CCCCCCCCCCCCCC)OC(=O)CCCCCCCCC/C=C\C/C=C\CCCCC. The van der Waals surface area contributed by atoms with Crippen molar-refractivity contribution in [2.24, 2.45) is 0 Å². The fourth-order valence-electron chi connectivity index (χ4n) is 8.24. The van der Waals surface area contributed by atoms with Crippen LogP contribution in [0.2, 0.25) is 0 Å². The fourth-order valence-corrected chi connectivity index (χ4v) is 8.24. The molecule has 430 valence electrons. The first-order valence-corrected chi connectivity index (χ1v) is 31.2. The van der Waals surface area contributed by atoms with Crippen molar-refractivity contribution in [1.82, 2.24) is 0 Å². The monoisotopic (exact) mass is 1050 g/mol. The third kappa shape index (κ3) is 60.4. The van der Waals surface area contributed by atoms with Crippen molar-refractivity contribution in [1.29, 1.82) is 0 Å². The maximum Gasteiger partial charge on any atom is 0.306 e. The Morgan fingerprint density at radius 2 is 0.526 bits per heavy atom. The summed E-state index contributed by atoms with van der Waals surface area (Å²) in [6.45, 7) is 6.45. The predicted molar refractivity (Wildman–Crippen MR) is 329 cm³/mol. The number of unbranched alkanes of at least 4 members (excludes halogenated alkanes) is 22. The summed E-state index contributed by atoms with van der Waals surface area (Å²) in [5.41, 5.74) is 0. The Morgan fingerprint density at radius 3 is 0.882 bits per heavy atom. The molecule has 76 heavy (non-hydrogen) atoms. The van der Waals surface area contributed by atoms with Gasteiger partial charge >= 0.3 is 17.9 Å². The molecule has 0 aliphatic carbocycles.